The van der Waals surface area contributed by atoms with Gasteiger partial charge in [0.05, 0.1) is 5.56 Å². The van der Waals surface area contributed by atoms with Crippen molar-refractivity contribution in [1.29, 1.82) is 0 Å². The number of rotatable bonds is 1. The minimum Gasteiger partial charge on any atom is -0.261 e. The molecule has 0 atom stereocenters. The molecule has 0 saturated heterocycles. The van der Waals surface area contributed by atoms with E-state index < -0.39 is 11.8 Å². The second-order valence-electron chi connectivity index (χ2n) is 3.09. The van der Waals surface area contributed by atoms with E-state index in [0.717, 1.165) is 12.3 Å². The van der Waals surface area contributed by atoms with Gasteiger partial charge in [-0.05, 0) is 19.1 Å². The van der Waals surface area contributed by atoms with E-state index in [1.54, 1.807) is 25.3 Å². The summed E-state index contributed by atoms with van der Waals surface area (Å²) < 4.78 is 26.7. The molecule has 15 heavy (non-hydrogen) atoms. The highest BCUT2D eigenvalue weighted by molar-refractivity contribution is 5.65. The highest BCUT2D eigenvalue weighted by Gasteiger charge is 2.13. The fourth-order valence-corrected chi connectivity index (χ4v) is 1.40. The molecule has 0 aliphatic carbocycles. The Labute approximate surface area is 85.6 Å². The van der Waals surface area contributed by atoms with Crippen LogP contribution in [0.5, 0.6) is 0 Å². The van der Waals surface area contributed by atoms with Gasteiger partial charge in [-0.1, -0.05) is 6.07 Å². The lowest BCUT2D eigenvalue weighted by Gasteiger charge is -2.06. The fourth-order valence-electron chi connectivity index (χ4n) is 1.40. The minimum absolute atomic E-state index is 0.122. The number of nitrogens with zero attached hydrogens (tertiary/aromatic N) is 2. The molecule has 0 N–H and O–H groups in total. The maximum atomic E-state index is 13.4. The predicted octanol–water partition coefficient (Wildman–Crippen LogP) is 2.73. The van der Waals surface area contributed by atoms with E-state index in [9.17, 15) is 8.78 Å². The molecule has 4 heteroatoms. The van der Waals surface area contributed by atoms with E-state index in [1.807, 2.05) is 0 Å². The second-order valence-corrected chi connectivity index (χ2v) is 3.09. The molecule has 0 spiro atoms. The van der Waals surface area contributed by atoms with Crippen LogP contribution < -0.4 is 0 Å². The first-order chi connectivity index (χ1) is 7.20. The first-order valence-electron chi connectivity index (χ1n) is 4.42. The molecule has 0 fully saturated rings. The lowest BCUT2D eigenvalue weighted by molar-refractivity contribution is 0.558. The van der Waals surface area contributed by atoms with Crippen molar-refractivity contribution >= 4 is 0 Å². The van der Waals surface area contributed by atoms with Crippen molar-refractivity contribution in [2.45, 2.75) is 6.92 Å². The largest absolute Gasteiger partial charge is 0.261 e. The Balaban J connectivity index is 2.69. The number of halogens is 2. The smallest absolute Gasteiger partial charge is 0.223 e. The molecule has 0 amide bonds. The average molecular weight is 206 g/mol. The number of hydrogen-bond acceptors (Lipinski definition) is 2. The summed E-state index contributed by atoms with van der Waals surface area (Å²) in [7, 11) is 0. The summed E-state index contributed by atoms with van der Waals surface area (Å²) in [6, 6.07) is 4.38. The van der Waals surface area contributed by atoms with Crippen LogP contribution in [0.2, 0.25) is 0 Å². The standard InChI is InChI=1S/C11H8F2N2/c1-7-8(3-2-5-14-7)10-9(12)4-6-15-11(10)13/h2-6H,1H3. The maximum Gasteiger partial charge on any atom is 0.223 e. The monoisotopic (exact) mass is 206 g/mol. The Hall–Kier alpha value is -1.84. The number of hydrogen-bond donors (Lipinski definition) is 0. The Bertz CT molecular complexity index is 477. The fraction of sp³-hybridized carbons (Fsp3) is 0.0909. The zero-order valence-electron chi connectivity index (χ0n) is 8.04. The molecule has 2 rings (SSSR count). The summed E-state index contributed by atoms with van der Waals surface area (Å²) in [6.45, 7) is 1.70. The second kappa shape index (κ2) is 3.73. The number of pyridine rings is 2. The van der Waals surface area contributed by atoms with Crippen molar-refractivity contribution in [2.75, 3.05) is 0 Å². The third-order valence-electron chi connectivity index (χ3n) is 2.13. The first kappa shape index (κ1) is 9.71. The van der Waals surface area contributed by atoms with E-state index in [2.05, 4.69) is 9.97 Å². The average Bonchev–Trinajstić information content (AvgIpc) is 2.20. The molecular weight excluding hydrogens is 198 g/mol. The zero-order chi connectivity index (χ0) is 10.8. The quantitative estimate of drug-likeness (QED) is 0.670. The van der Waals surface area contributed by atoms with Crippen LogP contribution in [0, 0.1) is 18.7 Å². The van der Waals surface area contributed by atoms with Crippen molar-refractivity contribution in [3.05, 3.63) is 48.1 Å². The molecule has 0 aliphatic rings. The van der Waals surface area contributed by atoms with E-state index in [-0.39, 0.29) is 5.56 Å². The summed E-state index contributed by atoms with van der Waals surface area (Å²) in [5.41, 5.74) is 0.881. The van der Waals surface area contributed by atoms with Crippen molar-refractivity contribution < 1.29 is 8.78 Å². The van der Waals surface area contributed by atoms with Gasteiger partial charge in [-0.25, -0.2) is 9.37 Å². The van der Waals surface area contributed by atoms with Crippen molar-refractivity contribution in [3.8, 4) is 11.1 Å². The third-order valence-corrected chi connectivity index (χ3v) is 2.13. The van der Waals surface area contributed by atoms with Gasteiger partial charge < -0.3 is 0 Å². The highest BCUT2D eigenvalue weighted by Crippen LogP contribution is 2.25. The number of aromatic nitrogens is 2. The van der Waals surface area contributed by atoms with E-state index in [4.69, 9.17) is 0 Å². The van der Waals surface area contributed by atoms with Gasteiger partial charge in [-0.15, -0.1) is 0 Å². The topological polar surface area (TPSA) is 25.8 Å². The zero-order valence-corrected chi connectivity index (χ0v) is 8.04. The summed E-state index contributed by atoms with van der Waals surface area (Å²) in [4.78, 5) is 7.40. The normalized spacial score (nSPS) is 10.3. The van der Waals surface area contributed by atoms with Crippen molar-refractivity contribution in [2.24, 2.45) is 0 Å². The van der Waals surface area contributed by atoms with Gasteiger partial charge in [0, 0.05) is 23.7 Å². The lowest BCUT2D eigenvalue weighted by atomic mass is 10.1. The summed E-state index contributed by atoms with van der Waals surface area (Å²) in [6.07, 6.45) is 2.67. The molecular formula is C11H8F2N2. The molecule has 2 aromatic rings. The van der Waals surface area contributed by atoms with Crippen LogP contribution in [0.25, 0.3) is 11.1 Å². The Morgan fingerprint density at radius 2 is 1.87 bits per heavy atom. The lowest BCUT2D eigenvalue weighted by Crippen LogP contribution is -1.96. The van der Waals surface area contributed by atoms with E-state index >= 15 is 0 Å². The van der Waals surface area contributed by atoms with Crippen LogP contribution in [0.4, 0.5) is 8.78 Å². The first-order valence-corrected chi connectivity index (χ1v) is 4.42. The van der Waals surface area contributed by atoms with Crippen LogP contribution in [-0.4, -0.2) is 9.97 Å². The van der Waals surface area contributed by atoms with Crippen LogP contribution in [0.3, 0.4) is 0 Å². The Morgan fingerprint density at radius 3 is 2.53 bits per heavy atom. The van der Waals surface area contributed by atoms with Gasteiger partial charge in [0.2, 0.25) is 5.95 Å². The molecule has 0 saturated carbocycles. The summed E-state index contributed by atoms with van der Waals surface area (Å²) in [5, 5.41) is 0. The minimum atomic E-state index is -0.814. The SMILES string of the molecule is Cc1ncccc1-c1c(F)ccnc1F. The number of aryl methyl sites for hydroxylation is 1. The third kappa shape index (κ3) is 1.70. The molecule has 0 bridgehead atoms. The predicted molar refractivity (Wildman–Crippen MR) is 52.1 cm³/mol. The molecule has 2 aromatic heterocycles. The Kier molecular flexibility index (Phi) is 2.41. The molecule has 0 aromatic carbocycles. The van der Waals surface area contributed by atoms with Crippen molar-refractivity contribution in [3.63, 3.8) is 0 Å². The maximum absolute atomic E-state index is 13.4. The Morgan fingerprint density at radius 1 is 1.07 bits per heavy atom. The molecule has 2 nitrogen and oxygen atoms in total. The molecule has 0 aliphatic heterocycles. The molecule has 0 radical (unpaired) electrons. The molecule has 2 heterocycles. The van der Waals surface area contributed by atoms with Crippen LogP contribution >= 0.6 is 0 Å². The van der Waals surface area contributed by atoms with Crippen LogP contribution in [-0.2, 0) is 0 Å². The van der Waals surface area contributed by atoms with Gasteiger partial charge in [0.1, 0.15) is 5.82 Å². The van der Waals surface area contributed by atoms with E-state index in [1.165, 1.54) is 0 Å². The molecule has 76 valence electrons. The van der Waals surface area contributed by atoms with Crippen molar-refractivity contribution in [1.82, 2.24) is 9.97 Å². The van der Waals surface area contributed by atoms with Crippen LogP contribution in [0.15, 0.2) is 30.6 Å². The van der Waals surface area contributed by atoms with Gasteiger partial charge in [-0.2, -0.15) is 4.39 Å². The van der Waals surface area contributed by atoms with Crippen LogP contribution in [0.1, 0.15) is 5.69 Å². The van der Waals surface area contributed by atoms with Gasteiger partial charge >= 0.3 is 0 Å². The summed E-state index contributed by atoms with van der Waals surface area (Å²) in [5.74, 6) is -1.44. The van der Waals surface area contributed by atoms with E-state index in [0.29, 0.717) is 11.3 Å². The van der Waals surface area contributed by atoms with Gasteiger partial charge in [0.15, 0.2) is 0 Å². The highest BCUT2D eigenvalue weighted by atomic mass is 19.1. The summed E-state index contributed by atoms with van der Waals surface area (Å²) >= 11 is 0. The molecule has 0 unspecified atom stereocenters. The van der Waals surface area contributed by atoms with Gasteiger partial charge in [-0.3, -0.25) is 4.98 Å². The van der Waals surface area contributed by atoms with Gasteiger partial charge in [0.25, 0.3) is 0 Å².